The van der Waals surface area contributed by atoms with Gasteiger partial charge in [-0.1, -0.05) is 6.07 Å². The molecule has 4 aromatic rings. The van der Waals surface area contributed by atoms with Crippen molar-refractivity contribution in [1.82, 2.24) is 14.5 Å². The van der Waals surface area contributed by atoms with Crippen molar-refractivity contribution in [3.05, 3.63) is 65.5 Å². The zero-order valence-electron chi connectivity index (χ0n) is 20.3. The van der Waals surface area contributed by atoms with Gasteiger partial charge in [-0.2, -0.15) is 0 Å². The van der Waals surface area contributed by atoms with E-state index in [2.05, 4.69) is 97.9 Å². The highest BCUT2D eigenvalue weighted by Crippen LogP contribution is 2.47. The van der Waals surface area contributed by atoms with Gasteiger partial charge in [-0.15, -0.1) is 0 Å². The molecule has 0 bridgehead atoms. The van der Waals surface area contributed by atoms with Crippen LogP contribution in [0.25, 0.3) is 22.1 Å². The van der Waals surface area contributed by atoms with Gasteiger partial charge < -0.3 is 8.98 Å². The third kappa shape index (κ3) is 2.62. The van der Waals surface area contributed by atoms with Crippen LogP contribution in [0.4, 0.5) is 5.82 Å². The van der Waals surface area contributed by atoms with Gasteiger partial charge in [0.15, 0.2) is 6.17 Å². The third-order valence-electron chi connectivity index (χ3n) is 7.84. The fraction of sp³-hybridized carbons (Fsp3) is 0.385. The van der Waals surface area contributed by atoms with Crippen LogP contribution in [-0.2, 0) is 12.6 Å². The van der Waals surface area contributed by atoms with Crippen molar-refractivity contribution in [1.29, 1.82) is 0 Å². The van der Waals surface area contributed by atoms with E-state index in [1.807, 2.05) is 20.0 Å². The molecule has 2 atom stereocenters. The summed E-state index contributed by atoms with van der Waals surface area (Å²) in [6.07, 6.45) is 6.67. The van der Waals surface area contributed by atoms with Gasteiger partial charge in [-0.25, -0.2) is 9.97 Å². The minimum atomic E-state index is -0.233. The number of aromatic nitrogens is 3. The maximum Gasteiger partial charge on any atom is 0.227 e. The van der Waals surface area contributed by atoms with E-state index in [0.717, 1.165) is 32.8 Å². The summed E-state index contributed by atoms with van der Waals surface area (Å²) in [4.78, 5) is 11.5. The van der Waals surface area contributed by atoms with Crippen LogP contribution in [0.5, 0.6) is 0 Å². The molecule has 0 saturated heterocycles. The van der Waals surface area contributed by atoms with Gasteiger partial charge in [0, 0.05) is 36.0 Å². The van der Waals surface area contributed by atoms with Crippen LogP contribution >= 0.6 is 0 Å². The van der Waals surface area contributed by atoms with Crippen LogP contribution < -0.4 is 4.90 Å². The van der Waals surface area contributed by atoms with E-state index in [4.69, 9.17) is 4.42 Å². The average molecular weight is 431 g/mol. The summed E-state index contributed by atoms with van der Waals surface area (Å²) in [5, 5.41) is 2.26. The molecule has 0 fully saturated rings. The van der Waals surface area contributed by atoms with E-state index in [0.29, 0.717) is 5.71 Å². The molecule has 32 heavy (non-hydrogen) atoms. The molecule has 1 aromatic carbocycles. The second kappa shape index (κ2) is 6.69. The van der Waals surface area contributed by atoms with E-state index < -0.39 is 0 Å². The SMILES string of the molecule is Cc1ccc2c(n1)oc1ccc(C)c(C(C)(C)[N+]3(C)C=CN(c4cnc(C)n4C)[C@H]3C)c12. The largest absolute Gasteiger partial charge is 0.438 e. The van der Waals surface area contributed by atoms with Crippen LogP contribution in [-0.4, -0.2) is 32.2 Å². The molecule has 5 rings (SSSR count). The first-order valence-electron chi connectivity index (χ1n) is 11.2. The zero-order valence-corrected chi connectivity index (χ0v) is 20.3. The molecule has 6 nitrogen and oxygen atoms in total. The average Bonchev–Trinajstić information content (AvgIpc) is 3.36. The molecular weight excluding hydrogens is 398 g/mol. The van der Waals surface area contributed by atoms with E-state index >= 15 is 0 Å². The molecule has 1 unspecified atom stereocenters. The maximum atomic E-state index is 6.20. The first-order chi connectivity index (χ1) is 15.1. The molecule has 0 aliphatic carbocycles. The molecule has 0 radical (unpaired) electrons. The van der Waals surface area contributed by atoms with Crippen LogP contribution in [0, 0.1) is 20.8 Å². The predicted molar refractivity (Wildman–Crippen MR) is 129 cm³/mol. The lowest BCUT2D eigenvalue weighted by atomic mass is 9.83. The number of anilines is 1. The summed E-state index contributed by atoms with van der Waals surface area (Å²) in [7, 11) is 4.39. The van der Waals surface area contributed by atoms with E-state index in [1.165, 1.54) is 16.5 Å². The second-order valence-corrected chi connectivity index (χ2v) is 9.80. The molecule has 4 heterocycles. The highest BCUT2D eigenvalue weighted by atomic mass is 16.3. The number of hydrogen-bond donors (Lipinski definition) is 0. The second-order valence-electron chi connectivity index (χ2n) is 9.80. The maximum absolute atomic E-state index is 6.20. The molecule has 0 spiro atoms. The number of rotatable bonds is 3. The lowest BCUT2D eigenvalue weighted by Crippen LogP contribution is -2.59. The van der Waals surface area contributed by atoms with Crippen molar-refractivity contribution in [2.45, 2.75) is 53.2 Å². The van der Waals surface area contributed by atoms with Crippen LogP contribution in [0.15, 0.2) is 47.3 Å². The molecule has 166 valence electrons. The van der Waals surface area contributed by atoms with E-state index in [9.17, 15) is 0 Å². The van der Waals surface area contributed by atoms with Crippen molar-refractivity contribution in [3.8, 4) is 0 Å². The Balaban J connectivity index is 1.69. The number of fused-ring (bicyclic) bond motifs is 3. The molecule has 1 aliphatic rings. The summed E-state index contributed by atoms with van der Waals surface area (Å²) in [5.41, 5.74) is 4.91. The van der Waals surface area contributed by atoms with Gasteiger partial charge in [0.1, 0.15) is 29.0 Å². The molecule has 0 amide bonds. The quantitative estimate of drug-likeness (QED) is 0.394. The van der Waals surface area contributed by atoms with Gasteiger partial charge in [-0.05, 0) is 58.4 Å². The summed E-state index contributed by atoms with van der Waals surface area (Å²) in [6, 6.07) is 8.47. The Morgan fingerprint density at radius 3 is 2.53 bits per heavy atom. The van der Waals surface area contributed by atoms with Crippen molar-refractivity contribution in [3.63, 3.8) is 0 Å². The number of furan rings is 1. The highest BCUT2D eigenvalue weighted by Gasteiger charge is 2.51. The number of aryl methyl sites for hydroxylation is 3. The first kappa shape index (κ1) is 20.8. The molecule has 0 N–H and O–H groups in total. The number of quaternary nitrogens is 1. The number of imidazole rings is 1. The Hall–Kier alpha value is -3.12. The molecule has 1 aliphatic heterocycles. The summed E-state index contributed by atoms with van der Waals surface area (Å²) in [5.74, 6) is 2.11. The van der Waals surface area contributed by atoms with Crippen LogP contribution in [0.1, 0.15) is 43.4 Å². The Labute approximate surface area is 189 Å². The summed E-state index contributed by atoms with van der Waals surface area (Å²) >= 11 is 0. The standard InChI is InChI=1S/C26H32N5O/c1-16-9-12-21-23(20-11-10-17(2)28-25(20)32-21)24(16)26(5,6)31(8)14-13-30(19(31)4)22-15-27-18(3)29(22)7/h9-15,19H,1-8H3/q+1/t19-,31?/m1/s1. The van der Waals surface area contributed by atoms with Crippen molar-refractivity contribution in [2.75, 3.05) is 11.9 Å². The number of nitrogens with zero attached hydrogens (tertiary/aromatic N) is 5. The minimum Gasteiger partial charge on any atom is -0.438 e. The van der Waals surface area contributed by atoms with Gasteiger partial charge in [0.2, 0.25) is 5.71 Å². The number of pyridine rings is 1. The normalized spacial score (nSPS) is 21.4. The van der Waals surface area contributed by atoms with Gasteiger partial charge >= 0.3 is 0 Å². The Morgan fingerprint density at radius 2 is 1.84 bits per heavy atom. The Kier molecular flexibility index (Phi) is 4.34. The van der Waals surface area contributed by atoms with Crippen molar-refractivity contribution < 1.29 is 8.90 Å². The summed E-state index contributed by atoms with van der Waals surface area (Å²) in [6.45, 7) is 13.2. The van der Waals surface area contributed by atoms with Gasteiger partial charge in [0.25, 0.3) is 0 Å². The van der Waals surface area contributed by atoms with Crippen molar-refractivity contribution in [2.24, 2.45) is 7.05 Å². The minimum absolute atomic E-state index is 0.188. The van der Waals surface area contributed by atoms with Gasteiger partial charge in [-0.3, -0.25) is 9.38 Å². The van der Waals surface area contributed by atoms with Gasteiger partial charge in [0.05, 0.1) is 19.4 Å². The predicted octanol–water partition coefficient (Wildman–Crippen LogP) is 5.66. The topological polar surface area (TPSA) is 47.1 Å². The van der Waals surface area contributed by atoms with E-state index in [-0.39, 0.29) is 11.7 Å². The van der Waals surface area contributed by atoms with Crippen molar-refractivity contribution >= 4 is 27.9 Å². The fourth-order valence-corrected chi connectivity index (χ4v) is 5.34. The zero-order chi connectivity index (χ0) is 23.0. The van der Waals surface area contributed by atoms with Crippen LogP contribution in [0.2, 0.25) is 0 Å². The smallest absolute Gasteiger partial charge is 0.227 e. The molecule has 0 saturated carbocycles. The monoisotopic (exact) mass is 430 g/mol. The fourth-order valence-electron chi connectivity index (χ4n) is 5.34. The first-order valence-corrected chi connectivity index (χ1v) is 11.2. The Morgan fingerprint density at radius 1 is 1.09 bits per heavy atom. The number of benzene rings is 1. The lowest BCUT2D eigenvalue weighted by molar-refractivity contribution is -0.932. The lowest BCUT2D eigenvalue weighted by Gasteiger charge is -2.48. The summed E-state index contributed by atoms with van der Waals surface area (Å²) < 4.78 is 9.07. The molecular formula is C26H32N5O+. The molecule has 3 aromatic heterocycles. The number of hydrogen-bond acceptors (Lipinski definition) is 4. The Bertz CT molecular complexity index is 1390. The van der Waals surface area contributed by atoms with Crippen LogP contribution in [0.3, 0.4) is 0 Å². The molecule has 6 heteroatoms. The third-order valence-corrected chi connectivity index (χ3v) is 7.84. The van der Waals surface area contributed by atoms with E-state index in [1.54, 1.807) is 0 Å². The highest BCUT2D eigenvalue weighted by molar-refractivity contribution is 6.06.